The van der Waals surface area contributed by atoms with E-state index in [4.69, 9.17) is 4.98 Å². The van der Waals surface area contributed by atoms with E-state index in [2.05, 4.69) is 38.1 Å². The van der Waals surface area contributed by atoms with Crippen LogP contribution in [0.25, 0.3) is 10.9 Å². The quantitative estimate of drug-likeness (QED) is 0.432. The van der Waals surface area contributed by atoms with Crippen molar-refractivity contribution in [3.05, 3.63) is 70.5 Å². The van der Waals surface area contributed by atoms with Gasteiger partial charge in [-0.1, -0.05) is 80.9 Å². The lowest BCUT2D eigenvalue weighted by Gasteiger charge is -2.36. The van der Waals surface area contributed by atoms with E-state index in [1.54, 1.807) is 11.8 Å². The number of nitrogens with zero attached hydrogens (tertiary/aromatic N) is 2. The molecule has 3 atom stereocenters. The Kier molecular flexibility index (Phi) is 5.35. The van der Waals surface area contributed by atoms with E-state index in [-0.39, 0.29) is 11.6 Å². The maximum Gasteiger partial charge on any atom is 0.262 e. The highest BCUT2D eigenvalue weighted by Gasteiger charge is 2.31. The number of hydrogen-bond donors (Lipinski definition) is 0. The minimum Gasteiger partial charge on any atom is -0.284 e. The van der Waals surface area contributed by atoms with Crippen molar-refractivity contribution in [3.63, 3.8) is 0 Å². The van der Waals surface area contributed by atoms with E-state index < -0.39 is 0 Å². The summed E-state index contributed by atoms with van der Waals surface area (Å²) in [4.78, 5) is 18.3. The van der Waals surface area contributed by atoms with Crippen LogP contribution in [-0.2, 0) is 5.75 Å². The fourth-order valence-corrected chi connectivity index (χ4v) is 5.17. The molecule has 4 heteroatoms. The predicted molar refractivity (Wildman–Crippen MR) is 113 cm³/mol. The fraction of sp³-hybridized carbons (Fsp3) is 0.391. The van der Waals surface area contributed by atoms with Crippen LogP contribution in [0, 0.1) is 11.8 Å². The van der Waals surface area contributed by atoms with Gasteiger partial charge in [0.1, 0.15) is 0 Å². The zero-order chi connectivity index (χ0) is 18.8. The molecular weight excluding hydrogens is 352 g/mol. The number of hydrogen-bond acceptors (Lipinski definition) is 3. The van der Waals surface area contributed by atoms with Crippen LogP contribution in [0.15, 0.2) is 64.5 Å². The van der Waals surface area contributed by atoms with Crippen molar-refractivity contribution in [2.24, 2.45) is 11.8 Å². The molecule has 0 N–H and O–H groups in total. The van der Waals surface area contributed by atoms with Crippen LogP contribution in [0.5, 0.6) is 0 Å². The summed E-state index contributed by atoms with van der Waals surface area (Å²) in [5, 5.41) is 1.58. The Morgan fingerprint density at radius 3 is 2.59 bits per heavy atom. The van der Waals surface area contributed by atoms with Crippen LogP contribution in [0.2, 0.25) is 0 Å². The number of thioether (sulfide) groups is 1. The second-order valence-electron chi connectivity index (χ2n) is 7.70. The minimum absolute atomic E-state index is 0.113. The Morgan fingerprint density at radius 1 is 1.04 bits per heavy atom. The molecule has 0 radical (unpaired) electrons. The van der Waals surface area contributed by atoms with Crippen LogP contribution < -0.4 is 5.56 Å². The molecule has 1 aliphatic carbocycles. The lowest BCUT2D eigenvalue weighted by Crippen LogP contribution is -2.35. The average Bonchev–Trinajstić information content (AvgIpc) is 2.70. The van der Waals surface area contributed by atoms with Gasteiger partial charge in [0.25, 0.3) is 5.56 Å². The van der Waals surface area contributed by atoms with Crippen LogP contribution in [0.4, 0.5) is 0 Å². The molecule has 1 fully saturated rings. The number of fused-ring (bicyclic) bond motifs is 1. The number of para-hydroxylation sites is 1. The normalized spacial score (nSPS) is 22.8. The molecule has 0 unspecified atom stereocenters. The van der Waals surface area contributed by atoms with Crippen LogP contribution >= 0.6 is 11.8 Å². The number of benzene rings is 2. The molecule has 1 saturated carbocycles. The summed E-state index contributed by atoms with van der Waals surface area (Å²) < 4.78 is 2.01. The van der Waals surface area contributed by atoms with Crippen molar-refractivity contribution in [1.29, 1.82) is 0 Å². The first kappa shape index (κ1) is 18.3. The van der Waals surface area contributed by atoms with Crippen LogP contribution in [0.1, 0.15) is 44.7 Å². The van der Waals surface area contributed by atoms with Gasteiger partial charge < -0.3 is 0 Å². The maximum absolute atomic E-state index is 13.4. The largest absolute Gasteiger partial charge is 0.284 e. The lowest BCUT2D eigenvalue weighted by atomic mass is 9.78. The third-order valence-electron chi connectivity index (χ3n) is 5.98. The first-order valence-corrected chi connectivity index (χ1v) is 10.8. The summed E-state index contributed by atoms with van der Waals surface area (Å²) in [5.41, 5.74) is 2.16. The predicted octanol–water partition coefficient (Wildman–Crippen LogP) is 5.69. The Bertz CT molecular complexity index is 983. The molecule has 3 aromatic rings. The molecule has 140 valence electrons. The van der Waals surface area contributed by atoms with Gasteiger partial charge in [0.2, 0.25) is 0 Å². The van der Waals surface area contributed by atoms with E-state index in [1.165, 1.54) is 18.4 Å². The highest BCUT2D eigenvalue weighted by Crippen LogP contribution is 2.39. The molecular formula is C23H26N2OS. The zero-order valence-electron chi connectivity index (χ0n) is 16.0. The van der Waals surface area contributed by atoms with E-state index in [9.17, 15) is 4.79 Å². The fourth-order valence-electron chi connectivity index (χ4n) is 4.16. The van der Waals surface area contributed by atoms with Crippen molar-refractivity contribution < 1.29 is 0 Å². The summed E-state index contributed by atoms with van der Waals surface area (Å²) in [5.74, 6) is 1.94. The van der Waals surface area contributed by atoms with Crippen LogP contribution in [0.3, 0.4) is 0 Å². The number of aromatic nitrogens is 2. The molecule has 1 aromatic heterocycles. The van der Waals surface area contributed by atoms with E-state index in [0.717, 1.165) is 28.2 Å². The molecule has 4 rings (SSSR count). The SMILES string of the molecule is C[C@@H]1[C@H](C)CCC[C@@H]1n1c(SCc2ccccc2)nc2ccccc2c1=O. The molecule has 0 bridgehead atoms. The maximum atomic E-state index is 13.4. The Morgan fingerprint density at radius 2 is 1.78 bits per heavy atom. The van der Waals surface area contributed by atoms with Gasteiger partial charge in [0.05, 0.1) is 10.9 Å². The van der Waals surface area contributed by atoms with Gasteiger partial charge in [-0.15, -0.1) is 0 Å². The molecule has 0 aliphatic heterocycles. The topological polar surface area (TPSA) is 34.9 Å². The summed E-state index contributed by atoms with van der Waals surface area (Å²) >= 11 is 1.68. The zero-order valence-corrected chi connectivity index (χ0v) is 16.8. The third kappa shape index (κ3) is 3.68. The summed E-state index contributed by atoms with van der Waals surface area (Å²) in [6.45, 7) is 4.61. The Hall–Kier alpha value is -2.07. The van der Waals surface area contributed by atoms with Gasteiger partial charge in [-0.05, 0) is 36.0 Å². The monoisotopic (exact) mass is 378 g/mol. The molecule has 0 spiro atoms. The highest BCUT2D eigenvalue weighted by atomic mass is 32.2. The highest BCUT2D eigenvalue weighted by molar-refractivity contribution is 7.98. The molecule has 0 saturated heterocycles. The Balaban J connectivity index is 1.79. The van der Waals surface area contributed by atoms with Crippen molar-refractivity contribution in [2.45, 2.75) is 50.1 Å². The van der Waals surface area contributed by atoms with Gasteiger partial charge in [-0.3, -0.25) is 9.36 Å². The van der Waals surface area contributed by atoms with E-state index in [0.29, 0.717) is 11.8 Å². The second kappa shape index (κ2) is 7.89. The van der Waals surface area contributed by atoms with Crippen molar-refractivity contribution >= 4 is 22.7 Å². The minimum atomic E-state index is 0.113. The van der Waals surface area contributed by atoms with Gasteiger partial charge >= 0.3 is 0 Å². The molecule has 0 amide bonds. The molecule has 2 aromatic carbocycles. The standard InChI is InChI=1S/C23H26N2OS/c1-16-9-8-14-21(17(16)2)25-22(26)19-12-6-7-13-20(19)24-23(25)27-15-18-10-4-3-5-11-18/h3-7,10-13,16-17,21H,8-9,14-15H2,1-2H3/t16-,17-,21+/m1/s1. The van der Waals surface area contributed by atoms with Gasteiger partial charge in [-0.25, -0.2) is 4.98 Å². The molecule has 27 heavy (non-hydrogen) atoms. The van der Waals surface area contributed by atoms with Crippen molar-refractivity contribution in [1.82, 2.24) is 9.55 Å². The van der Waals surface area contributed by atoms with Crippen molar-refractivity contribution in [2.75, 3.05) is 0 Å². The second-order valence-corrected chi connectivity index (χ2v) is 8.64. The number of rotatable bonds is 4. The van der Waals surface area contributed by atoms with E-state index >= 15 is 0 Å². The van der Waals surface area contributed by atoms with Gasteiger partial charge in [0, 0.05) is 11.8 Å². The Labute approximate surface area is 164 Å². The molecule has 3 nitrogen and oxygen atoms in total. The van der Waals surface area contributed by atoms with Crippen LogP contribution in [-0.4, -0.2) is 9.55 Å². The lowest BCUT2D eigenvalue weighted by molar-refractivity contribution is 0.173. The summed E-state index contributed by atoms with van der Waals surface area (Å²) in [6.07, 6.45) is 3.49. The first-order chi connectivity index (χ1) is 13.1. The van der Waals surface area contributed by atoms with E-state index in [1.807, 2.05) is 34.9 Å². The average molecular weight is 379 g/mol. The van der Waals surface area contributed by atoms with Gasteiger partial charge in [0.15, 0.2) is 5.16 Å². The smallest absolute Gasteiger partial charge is 0.262 e. The molecule has 1 aliphatic rings. The van der Waals surface area contributed by atoms with Gasteiger partial charge in [-0.2, -0.15) is 0 Å². The first-order valence-electron chi connectivity index (χ1n) is 9.83. The van der Waals surface area contributed by atoms with Crippen molar-refractivity contribution in [3.8, 4) is 0 Å². The molecule has 1 heterocycles. The summed E-state index contributed by atoms with van der Waals surface area (Å²) in [6, 6.07) is 18.4. The third-order valence-corrected chi connectivity index (χ3v) is 7.01. The summed E-state index contributed by atoms with van der Waals surface area (Å²) in [7, 11) is 0.